The van der Waals surface area contributed by atoms with Gasteiger partial charge in [0.25, 0.3) is 5.91 Å². The van der Waals surface area contributed by atoms with Crippen molar-refractivity contribution in [2.75, 3.05) is 29.1 Å². The molecule has 0 saturated carbocycles. The summed E-state index contributed by atoms with van der Waals surface area (Å²) in [4.78, 5) is 25.8. The lowest BCUT2D eigenvalue weighted by molar-refractivity contribution is -0.114. The Hall–Kier alpha value is -2.82. The number of benzene rings is 2. The number of fused-ring (bicyclic) bond motifs is 1. The molecule has 3 rings (SSSR count). The van der Waals surface area contributed by atoms with Crippen molar-refractivity contribution in [3.8, 4) is 0 Å². The van der Waals surface area contributed by atoms with E-state index in [4.69, 9.17) is 0 Å². The van der Waals surface area contributed by atoms with Gasteiger partial charge in [0.15, 0.2) is 0 Å². The van der Waals surface area contributed by atoms with E-state index in [0.29, 0.717) is 11.3 Å². The highest BCUT2D eigenvalue weighted by molar-refractivity contribution is 6.05. The molecule has 0 aromatic heterocycles. The minimum absolute atomic E-state index is 0.162. The number of hydrogen-bond acceptors (Lipinski definition) is 3. The number of amides is 2. The standard InChI is InChI=1S/C19H21N3O2/c1-13(23)20-16-7-3-5-15(11-16)19(24)21-17-9-8-14-6-4-10-22(2)18(14)12-17/h3,5,7-9,11-12H,4,6,10H2,1-2H3,(H,20,23)(H,21,24). The Morgan fingerprint density at radius 3 is 2.62 bits per heavy atom. The SMILES string of the molecule is CC(=O)Nc1cccc(C(=O)Nc2ccc3c(c2)N(C)CCC3)c1. The van der Waals surface area contributed by atoms with Crippen LogP contribution in [0.15, 0.2) is 42.5 Å². The number of hydrogen-bond donors (Lipinski definition) is 2. The fourth-order valence-electron chi connectivity index (χ4n) is 2.98. The molecule has 0 spiro atoms. The molecule has 124 valence electrons. The van der Waals surface area contributed by atoms with Crippen molar-refractivity contribution in [1.82, 2.24) is 0 Å². The minimum atomic E-state index is -0.194. The zero-order valence-electron chi connectivity index (χ0n) is 13.9. The van der Waals surface area contributed by atoms with Crippen molar-refractivity contribution >= 4 is 28.9 Å². The molecule has 0 bridgehead atoms. The third-order valence-corrected chi connectivity index (χ3v) is 4.14. The first-order chi connectivity index (χ1) is 11.5. The third-order valence-electron chi connectivity index (χ3n) is 4.14. The molecule has 1 heterocycles. The van der Waals surface area contributed by atoms with Crippen LogP contribution in [-0.2, 0) is 11.2 Å². The monoisotopic (exact) mass is 323 g/mol. The van der Waals surface area contributed by atoms with E-state index in [1.807, 2.05) is 12.1 Å². The summed E-state index contributed by atoms with van der Waals surface area (Å²) in [6.45, 7) is 2.47. The molecule has 2 aromatic rings. The van der Waals surface area contributed by atoms with Gasteiger partial charge in [0.05, 0.1) is 0 Å². The predicted molar refractivity (Wildman–Crippen MR) is 96.7 cm³/mol. The summed E-state index contributed by atoms with van der Waals surface area (Å²) in [6.07, 6.45) is 2.23. The summed E-state index contributed by atoms with van der Waals surface area (Å²) in [6, 6.07) is 12.9. The van der Waals surface area contributed by atoms with Crippen molar-refractivity contribution in [2.24, 2.45) is 0 Å². The molecule has 1 aliphatic heterocycles. The van der Waals surface area contributed by atoms with Crippen LogP contribution in [0, 0.1) is 0 Å². The van der Waals surface area contributed by atoms with Crippen LogP contribution in [0.5, 0.6) is 0 Å². The second kappa shape index (κ2) is 6.74. The summed E-state index contributed by atoms with van der Waals surface area (Å²) in [7, 11) is 2.07. The average molecular weight is 323 g/mol. The molecule has 0 unspecified atom stereocenters. The van der Waals surface area contributed by atoms with Gasteiger partial charge in [0.2, 0.25) is 5.91 Å². The van der Waals surface area contributed by atoms with Crippen molar-refractivity contribution in [3.05, 3.63) is 53.6 Å². The van der Waals surface area contributed by atoms with Crippen LogP contribution >= 0.6 is 0 Å². The smallest absolute Gasteiger partial charge is 0.255 e. The normalized spacial score (nSPS) is 13.2. The van der Waals surface area contributed by atoms with Gasteiger partial charge in [-0.05, 0) is 48.7 Å². The highest BCUT2D eigenvalue weighted by atomic mass is 16.2. The highest BCUT2D eigenvalue weighted by Gasteiger charge is 2.15. The van der Waals surface area contributed by atoms with Crippen LogP contribution in [0.1, 0.15) is 29.3 Å². The van der Waals surface area contributed by atoms with E-state index in [2.05, 4.69) is 28.6 Å². The van der Waals surface area contributed by atoms with Gasteiger partial charge in [-0.1, -0.05) is 12.1 Å². The van der Waals surface area contributed by atoms with E-state index in [0.717, 1.165) is 25.1 Å². The molecule has 5 nitrogen and oxygen atoms in total. The lowest BCUT2D eigenvalue weighted by Gasteiger charge is -2.28. The van der Waals surface area contributed by atoms with Crippen molar-refractivity contribution in [1.29, 1.82) is 0 Å². The van der Waals surface area contributed by atoms with E-state index in [1.54, 1.807) is 24.3 Å². The van der Waals surface area contributed by atoms with Crippen LogP contribution in [0.4, 0.5) is 17.1 Å². The van der Waals surface area contributed by atoms with Gasteiger partial charge in [-0.15, -0.1) is 0 Å². The van der Waals surface area contributed by atoms with Crippen LogP contribution in [0.3, 0.4) is 0 Å². The number of nitrogens with zero attached hydrogens (tertiary/aromatic N) is 1. The fraction of sp³-hybridized carbons (Fsp3) is 0.263. The Morgan fingerprint density at radius 1 is 1.04 bits per heavy atom. The van der Waals surface area contributed by atoms with Crippen LogP contribution in [0.2, 0.25) is 0 Å². The third kappa shape index (κ3) is 3.56. The first-order valence-electron chi connectivity index (χ1n) is 8.06. The van der Waals surface area contributed by atoms with Gasteiger partial charge in [-0.2, -0.15) is 0 Å². The van der Waals surface area contributed by atoms with Gasteiger partial charge >= 0.3 is 0 Å². The van der Waals surface area contributed by atoms with Crippen molar-refractivity contribution in [2.45, 2.75) is 19.8 Å². The second-order valence-electron chi connectivity index (χ2n) is 6.08. The summed E-state index contributed by atoms with van der Waals surface area (Å²) < 4.78 is 0. The number of rotatable bonds is 3. The molecule has 1 aliphatic rings. The summed E-state index contributed by atoms with van der Waals surface area (Å²) in [5, 5.41) is 5.62. The number of anilines is 3. The Balaban J connectivity index is 1.77. The highest BCUT2D eigenvalue weighted by Crippen LogP contribution is 2.29. The maximum absolute atomic E-state index is 12.5. The molecule has 24 heavy (non-hydrogen) atoms. The first kappa shape index (κ1) is 16.1. The van der Waals surface area contributed by atoms with E-state index in [1.165, 1.54) is 18.2 Å². The van der Waals surface area contributed by atoms with Crippen LogP contribution in [0.25, 0.3) is 0 Å². The lowest BCUT2D eigenvalue weighted by Crippen LogP contribution is -2.24. The van der Waals surface area contributed by atoms with Gasteiger partial charge in [0.1, 0.15) is 0 Å². The summed E-state index contributed by atoms with van der Waals surface area (Å²) in [5.74, 6) is -0.356. The molecule has 0 radical (unpaired) electrons. The van der Waals surface area contributed by atoms with E-state index in [9.17, 15) is 9.59 Å². The summed E-state index contributed by atoms with van der Waals surface area (Å²) in [5.41, 5.74) is 4.38. The molecular formula is C19H21N3O2. The fourth-order valence-corrected chi connectivity index (χ4v) is 2.98. The van der Waals surface area contributed by atoms with E-state index >= 15 is 0 Å². The molecule has 2 N–H and O–H groups in total. The van der Waals surface area contributed by atoms with E-state index < -0.39 is 0 Å². The zero-order chi connectivity index (χ0) is 17.1. The molecule has 0 aliphatic carbocycles. The number of carbonyl (C=O) groups excluding carboxylic acids is 2. The van der Waals surface area contributed by atoms with Crippen LogP contribution < -0.4 is 15.5 Å². The van der Waals surface area contributed by atoms with Crippen molar-refractivity contribution in [3.63, 3.8) is 0 Å². The lowest BCUT2D eigenvalue weighted by atomic mass is 10.0. The summed E-state index contributed by atoms with van der Waals surface area (Å²) >= 11 is 0. The maximum Gasteiger partial charge on any atom is 0.255 e. The topological polar surface area (TPSA) is 61.4 Å². The van der Waals surface area contributed by atoms with Gasteiger partial charge in [-0.25, -0.2) is 0 Å². The maximum atomic E-state index is 12.5. The number of carbonyl (C=O) groups is 2. The average Bonchev–Trinajstić information content (AvgIpc) is 2.55. The largest absolute Gasteiger partial charge is 0.374 e. The van der Waals surface area contributed by atoms with Gasteiger partial charge in [-0.3, -0.25) is 9.59 Å². The zero-order valence-corrected chi connectivity index (χ0v) is 13.9. The molecule has 5 heteroatoms. The van der Waals surface area contributed by atoms with Crippen molar-refractivity contribution < 1.29 is 9.59 Å². The van der Waals surface area contributed by atoms with Gasteiger partial charge in [0, 0.05) is 43.1 Å². The minimum Gasteiger partial charge on any atom is -0.374 e. The number of nitrogens with one attached hydrogen (secondary N) is 2. The Labute approximate surface area is 141 Å². The first-order valence-corrected chi connectivity index (χ1v) is 8.06. The van der Waals surface area contributed by atoms with Crippen LogP contribution in [-0.4, -0.2) is 25.4 Å². The molecule has 2 amide bonds. The molecule has 0 atom stereocenters. The van der Waals surface area contributed by atoms with Gasteiger partial charge < -0.3 is 15.5 Å². The number of aryl methyl sites for hydroxylation is 1. The molecule has 2 aromatic carbocycles. The quantitative estimate of drug-likeness (QED) is 0.911. The molecular weight excluding hydrogens is 302 g/mol. The van der Waals surface area contributed by atoms with E-state index in [-0.39, 0.29) is 11.8 Å². The molecule has 0 fully saturated rings. The Bertz CT molecular complexity index is 786. The molecule has 0 saturated heterocycles. The predicted octanol–water partition coefficient (Wildman–Crippen LogP) is 3.28. The second-order valence-corrected chi connectivity index (χ2v) is 6.08. The Morgan fingerprint density at radius 2 is 1.83 bits per heavy atom. The Kier molecular flexibility index (Phi) is 4.51.